The predicted molar refractivity (Wildman–Crippen MR) is 192 cm³/mol. The number of nitrogens with zero attached hydrogens (tertiary/aromatic N) is 5. The summed E-state index contributed by atoms with van der Waals surface area (Å²) < 4.78 is 118. The quantitative estimate of drug-likeness (QED) is 0.103. The number of carbonyl (C=O) groups is 1. The molecule has 294 valence electrons. The van der Waals surface area contributed by atoms with E-state index in [9.17, 15) is 35.9 Å². The highest BCUT2D eigenvalue weighted by Gasteiger charge is 2.67. The van der Waals surface area contributed by atoms with Crippen molar-refractivity contribution in [1.82, 2.24) is 24.5 Å². The van der Waals surface area contributed by atoms with E-state index in [1.807, 2.05) is 0 Å². The summed E-state index contributed by atoms with van der Waals surface area (Å²) in [5.74, 6) is -5.90. The van der Waals surface area contributed by atoms with Crippen molar-refractivity contribution in [2.45, 2.75) is 62.5 Å². The van der Waals surface area contributed by atoms with Crippen LogP contribution in [0.25, 0.3) is 22.0 Å². The molecule has 1 fully saturated rings. The Morgan fingerprint density at radius 1 is 1.11 bits per heavy atom. The lowest BCUT2D eigenvalue weighted by Gasteiger charge is -2.29. The number of pyridine rings is 1. The molecule has 5 aromatic rings. The van der Waals surface area contributed by atoms with Crippen molar-refractivity contribution in [3.8, 4) is 23.0 Å². The first-order valence-electron chi connectivity index (χ1n) is 16.8. The van der Waals surface area contributed by atoms with E-state index in [1.165, 1.54) is 49.8 Å². The highest BCUT2D eigenvalue weighted by atomic mass is 35.5. The first kappa shape index (κ1) is 39.1. The average Bonchev–Trinajstić information content (AvgIpc) is 3.60. The number of aryl methyl sites for hydroxylation is 1. The molecule has 20 heteroatoms. The fourth-order valence-corrected chi connectivity index (χ4v) is 8.17. The van der Waals surface area contributed by atoms with Gasteiger partial charge in [0, 0.05) is 41.6 Å². The topological polar surface area (TPSA) is 184 Å². The van der Waals surface area contributed by atoms with E-state index in [-0.39, 0.29) is 61.8 Å². The van der Waals surface area contributed by atoms with Gasteiger partial charge in [-0.15, -0.1) is 0 Å². The highest BCUT2D eigenvalue weighted by molar-refractivity contribution is 7.90. The molecule has 4 atom stereocenters. The number of hydrogen-bond acceptors (Lipinski definition) is 7. The second kappa shape index (κ2) is 13.5. The van der Waals surface area contributed by atoms with Crippen LogP contribution in [-0.4, -0.2) is 49.6 Å². The summed E-state index contributed by atoms with van der Waals surface area (Å²) in [6, 6.07) is 6.14. The summed E-state index contributed by atoms with van der Waals surface area (Å²) in [5, 5.41) is 23.8. The van der Waals surface area contributed by atoms with Gasteiger partial charge in [0.15, 0.2) is 5.82 Å². The molecule has 0 aliphatic heterocycles. The van der Waals surface area contributed by atoms with Crippen LogP contribution in [-0.2, 0) is 34.4 Å². The second-order valence-corrected chi connectivity index (χ2v) is 16.0. The van der Waals surface area contributed by atoms with Crippen molar-refractivity contribution in [1.29, 1.82) is 0 Å². The maximum Gasteiger partial charge on any atom is 0.297 e. The van der Waals surface area contributed by atoms with Gasteiger partial charge in [-0.05, 0) is 74.4 Å². The van der Waals surface area contributed by atoms with Gasteiger partial charge in [0.2, 0.25) is 5.91 Å². The van der Waals surface area contributed by atoms with Crippen LogP contribution in [0.15, 0.2) is 42.5 Å². The Morgan fingerprint density at radius 2 is 1.77 bits per heavy atom. The number of anilines is 1. The SMILES string of the molecule is Cn1nc(NS(N)(=O)=O)c2c(Cl)ccc(-c3ccc(C#CC(C)(C)O)nc3[C@@H](Cc3cc(F)cc(F)c3)C(C(N)=O)n3nc(C(F)F)c4c3C(F)(F)[C@@H]3C[C@H]43)c21. The number of benzene rings is 2. The van der Waals surface area contributed by atoms with E-state index >= 15 is 8.78 Å². The minimum absolute atomic E-state index is 0.0133. The third-order valence-corrected chi connectivity index (χ3v) is 10.5. The first-order chi connectivity index (χ1) is 26.1. The zero-order valence-electron chi connectivity index (χ0n) is 29.5. The maximum atomic E-state index is 16.0. The monoisotopic (exact) mass is 820 g/mol. The van der Waals surface area contributed by atoms with Gasteiger partial charge in [0.1, 0.15) is 40.4 Å². The number of primary amides is 1. The summed E-state index contributed by atoms with van der Waals surface area (Å²) in [6.07, 6.45) is -3.95. The fraction of sp³-hybridized carbons (Fsp3) is 0.333. The zero-order valence-corrected chi connectivity index (χ0v) is 31.0. The number of hydrogen-bond donors (Lipinski definition) is 4. The van der Waals surface area contributed by atoms with Crippen LogP contribution in [0.3, 0.4) is 0 Å². The number of nitrogens with one attached hydrogen (secondary N) is 1. The van der Waals surface area contributed by atoms with Crippen molar-refractivity contribution in [3.05, 3.63) is 93.0 Å². The number of rotatable bonds is 10. The van der Waals surface area contributed by atoms with Crippen LogP contribution < -0.4 is 15.6 Å². The predicted octanol–water partition coefficient (Wildman–Crippen LogP) is 5.70. The molecule has 12 nitrogen and oxygen atoms in total. The molecule has 7 rings (SSSR count). The molecule has 56 heavy (non-hydrogen) atoms. The van der Waals surface area contributed by atoms with Gasteiger partial charge in [-0.2, -0.15) is 27.4 Å². The van der Waals surface area contributed by atoms with Gasteiger partial charge in [-0.25, -0.2) is 32.4 Å². The Bertz CT molecular complexity index is 2610. The number of alkyl halides is 4. The molecule has 0 bridgehead atoms. The molecule has 1 saturated carbocycles. The third-order valence-electron chi connectivity index (χ3n) is 9.68. The number of aromatic nitrogens is 5. The zero-order chi connectivity index (χ0) is 40.8. The number of amides is 1. The molecule has 3 heterocycles. The van der Waals surface area contributed by atoms with Crippen LogP contribution in [0.1, 0.15) is 78.5 Å². The van der Waals surface area contributed by atoms with Crippen molar-refractivity contribution >= 4 is 44.4 Å². The molecule has 2 aliphatic carbocycles. The van der Waals surface area contributed by atoms with Crippen LogP contribution in [0.5, 0.6) is 0 Å². The minimum atomic E-state index is -4.38. The van der Waals surface area contributed by atoms with Crippen molar-refractivity contribution in [3.63, 3.8) is 0 Å². The van der Waals surface area contributed by atoms with Gasteiger partial charge in [0.05, 0.1) is 21.6 Å². The Labute approximate surface area is 320 Å². The number of nitrogens with two attached hydrogens (primary N) is 2. The van der Waals surface area contributed by atoms with Crippen LogP contribution >= 0.6 is 11.6 Å². The van der Waals surface area contributed by atoms with Gasteiger partial charge < -0.3 is 10.8 Å². The average molecular weight is 821 g/mol. The lowest BCUT2D eigenvalue weighted by Crippen LogP contribution is -2.37. The number of halogens is 7. The van der Waals surface area contributed by atoms with Crippen molar-refractivity contribution in [2.24, 2.45) is 23.8 Å². The van der Waals surface area contributed by atoms with E-state index in [2.05, 4.69) is 26.8 Å². The molecule has 0 saturated heterocycles. The summed E-state index contributed by atoms with van der Waals surface area (Å²) in [6.45, 7) is 2.78. The molecule has 1 unspecified atom stereocenters. The number of carbonyl (C=O) groups excluding carboxylic acids is 1. The Balaban J connectivity index is 1.56. The molecule has 2 aliphatic rings. The van der Waals surface area contributed by atoms with Gasteiger partial charge >= 0.3 is 0 Å². The summed E-state index contributed by atoms with van der Waals surface area (Å²) in [7, 11) is -2.93. The normalized spacial score (nSPS) is 18.3. The summed E-state index contributed by atoms with van der Waals surface area (Å²) in [4.78, 5) is 18.4. The van der Waals surface area contributed by atoms with Crippen LogP contribution in [0.2, 0.25) is 5.02 Å². The molecule has 0 radical (unpaired) electrons. The van der Waals surface area contributed by atoms with Gasteiger partial charge in [-0.3, -0.25) is 14.2 Å². The van der Waals surface area contributed by atoms with Crippen molar-refractivity contribution < 1.29 is 44.7 Å². The number of fused-ring (bicyclic) bond motifs is 4. The van der Waals surface area contributed by atoms with Gasteiger partial charge in [-0.1, -0.05) is 23.6 Å². The smallest absolute Gasteiger partial charge is 0.297 e. The summed E-state index contributed by atoms with van der Waals surface area (Å²) in [5.41, 5.74) is 2.36. The molecule has 6 N–H and O–H groups in total. The molecule has 1 amide bonds. The fourth-order valence-electron chi connectivity index (χ4n) is 7.52. The lowest BCUT2D eigenvalue weighted by atomic mass is 9.84. The summed E-state index contributed by atoms with van der Waals surface area (Å²) >= 11 is 6.55. The molecular weight excluding hydrogens is 790 g/mol. The van der Waals surface area contributed by atoms with E-state index in [0.717, 1.165) is 12.1 Å². The number of aliphatic hydroxyl groups is 1. The maximum absolute atomic E-state index is 16.0. The van der Waals surface area contributed by atoms with Crippen LogP contribution in [0.4, 0.5) is 32.2 Å². The van der Waals surface area contributed by atoms with Crippen molar-refractivity contribution in [2.75, 3.05) is 4.72 Å². The van der Waals surface area contributed by atoms with E-state index in [0.29, 0.717) is 10.7 Å². The Kier molecular flexibility index (Phi) is 9.42. The van der Waals surface area contributed by atoms with Crippen LogP contribution in [0, 0.1) is 29.4 Å². The minimum Gasteiger partial charge on any atom is -0.378 e. The molecular formula is C36H31ClF6N8O4S. The lowest BCUT2D eigenvalue weighted by molar-refractivity contribution is -0.122. The van der Waals surface area contributed by atoms with E-state index in [4.69, 9.17) is 27.5 Å². The largest absolute Gasteiger partial charge is 0.378 e. The van der Waals surface area contributed by atoms with Gasteiger partial charge in [0.25, 0.3) is 22.6 Å². The molecule has 3 aromatic heterocycles. The Hall–Kier alpha value is -5.16. The standard InChI is InChI=1S/C36H31ClF6N8O4S/c1-35(2,53)9-8-18-4-5-19(20-6-7-24(37)26-29(20)50(3)48-34(26)49-56(45,54)55)27(46-18)22(12-15-10-16(38)13-17(39)11-15)30(33(44)52)51-31-25(28(47-51)32(40)41)21-14-23(21)36(31,42)43/h4-7,10-11,13,21-23,30,32,53H,12,14H2,1-3H3,(H2,44,52)(H,48,49)(H2,45,54,55)/t21-,22+,23+,30?/m0/s1. The Morgan fingerprint density at radius 3 is 2.38 bits per heavy atom. The first-order valence-corrected chi connectivity index (χ1v) is 18.7. The highest BCUT2D eigenvalue weighted by Crippen LogP contribution is 2.68. The van der Waals surface area contributed by atoms with E-state index < -0.39 is 87.3 Å². The third kappa shape index (κ3) is 7.06. The molecule has 2 aromatic carbocycles. The van der Waals surface area contributed by atoms with E-state index in [1.54, 1.807) is 0 Å². The second-order valence-electron chi connectivity index (χ2n) is 14.3. The molecule has 0 spiro atoms.